The third kappa shape index (κ3) is 3.83. The van der Waals surface area contributed by atoms with Crippen LogP contribution in [0.2, 0.25) is 0 Å². The Morgan fingerprint density at radius 3 is 2.28 bits per heavy atom. The zero-order valence-corrected chi connectivity index (χ0v) is 15.8. The van der Waals surface area contributed by atoms with Crippen LogP contribution in [-0.2, 0) is 0 Å². The average molecular weight is 349 g/mol. The summed E-state index contributed by atoms with van der Waals surface area (Å²) >= 11 is 5.67. The highest BCUT2D eigenvalue weighted by molar-refractivity contribution is 7.80. The summed E-state index contributed by atoms with van der Waals surface area (Å²) in [6.45, 7) is 4.33. The van der Waals surface area contributed by atoms with Crippen molar-refractivity contribution in [2.24, 2.45) is 0 Å². The molecule has 0 aliphatic heterocycles. The van der Waals surface area contributed by atoms with Gasteiger partial charge in [-0.15, -0.1) is 0 Å². The molecule has 0 amide bonds. The highest BCUT2D eigenvalue weighted by Gasteiger charge is 2.17. The predicted molar refractivity (Wildman–Crippen MR) is 111 cm³/mol. The van der Waals surface area contributed by atoms with Crippen LogP contribution in [0.25, 0.3) is 10.8 Å². The van der Waals surface area contributed by atoms with Crippen LogP contribution in [0.5, 0.6) is 0 Å². The monoisotopic (exact) mass is 348 g/mol. The lowest BCUT2D eigenvalue weighted by molar-refractivity contribution is 0.391. The van der Waals surface area contributed by atoms with Crippen LogP contribution in [0.1, 0.15) is 37.1 Å². The number of fused-ring (bicyclic) bond motifs is 1. The van der Waals surface area contributed by atoms with E-state index in [2.05, 4.69) is 90.8 Å². The van der Waals surface area contributed by atoms with Crippen LogP contribution in [0, 0.1) is 0 Å². The van der Waals surface area contributed by atoms with Gasteiger partial charge in [0.2, 0.25) is 0 Å². The fourth-order valence-electron chi connectivity index (χ4n) is 3.12. The van der Waals surface area contributed by atoms with Crippen molar-refractivity contribution in [3.05, 3.63) is 83.9 Å². The van der Waals surface area contributed by atoms with Crippen LogP contribution in [0.4, 0.5) is 0 Å². The Bertz CT molecular complexity index is 855. The van der Waals surface area contributed by atoms with Gasteiger partial charge in [-0.25, -0.2) is 0 Å². The summed E-state index contributed by atoms with van der Waals surface area (Å²) in [5.41, 5.74) is 2.52. The molecule has 0 fully saturated rings. The van der Waals surface area contributed by atoms with Crippen molar-refractivity contribution in [3.8, 4) is 0 Å². The van der Waals surface area contributed by atoms with E-state index in [1.165, 1.54) is 21.9 Å². The fraction of sp³-hybridized carbons (Fsp3) is 0.227. The number of nitrogens with zero attached hydrogens (tertiary/aromatic N) is 1. The lowest BCUT2D eigenvalue weighted by atomic mass is 10.00. The van der Waals surface area contributed by atoms with E-state index < -0.39 is 0 Å². The number of benzene rings is 3. The molecule has 0 aliphatic rings. The van der Waals surface area contributed by atoms with E-state index in [1.807, 2.05) is 13.1 Å². The van der Waals surface area contributed by atoms with Gasteiger partial charge in [0, 0.05) is 7.05 Å². The molecule has 3 rings (SSSR count). The third-order valence-electron chi connectivity index (χ3n) is 4.81. The molecule has 3 heteroatoms. The Morgan fingerprint density at radius 2 is 1.52 bits per heavy atom. The first kappa shape index (κ1) is 17.4. The molecule has 0 unspecified atom stereocenters. The second-order valence-electron chi connectivity index (χ2n) is 6.44. The van der Waals surface area contributed by atoms with Gasteiger partial charge >= 0.3 is 0 Å². The number of nitrogens with one attached hydrogen (secondary N) is 1. The van der Waals surface area contributed by atoms with Crippen LogP contribution in [0.15, 0.2) is 72.8 Å². The fourth-order valence-corrected chi connectivity index (χ4v) is 3.46. The summed E-state index contributed by atoms with van der Waals surface area (Å²) in [5, 5.41) is 6.78. The number of hydrogen-bond acceptors (Lipinski definition) is 1. The molecular weight excluding hydrogens is 324 g/mol. The molecule has 0 saturated heterocycles. The maximum atomic E-state index is 5.67. The van der Waals surface area contributed by atoms with Gasteiger partial charge in [-0.1, -0.05) is 72.8 Å². The predicted octanol–water partition coefficient (Wildman–Crippen LogP) is 5.47. The van der Waals surface area contributed by atoms with Crippen molar-refractivity contribution in [1.82, 2.24) is 10.2 Å². The van der Waals surface area contributed by atoms with Gasteiger partial charge in [-0.2, -0.15) is 0 Å². The highest BCUT2D eigenvalue weighted by Crippen LogP contribution is 2.25. The largest absolute Gasteiger partial charge is 0.356 e. The molecule has 0 aliphatic carbocycles. The zero-order valence-electron chi connectivity index (χ0n) is 14.9. The second-order valence-corrected chi connectivity index (χ2v) is 6.82. The van der Waals surface area contributed by atoms with Crippen LogP contribution < -0.4 is 5.32 Å². The summed E-state index contributed by atoms with van der Waals surface area (Å²) in [4.78, 5) is 2.12. The van der Waals surface area contributed by atoms with E-state index in [1.54, 1.807) is 0 Å². The summed E-state index contributed by atoms with van der Waals surface area (Å²) in [6.07, 6.45) is 0. The Hall–Kier alpha value is -2.39. The first-order valence-corrected chi connectivity index (χ1v) is 9.04. The van der Waals surface area contributed by atoms with Gasteiger partial charge in [0.1, 0.15) is 0 Å². The average Bonchev–Trinajstić information content (AvgIpc) is 2.66. The van der Waals surface area contributed by atoms with Gasteiger partial charge < -0.3 is 10.2 Å². The molecule has 25 heavy (non-hydrogen) atoms. The molecule has 2 nitrogen and oxygen atoms in total. The van der Waals surface area contributed by atoms with Crippen molar-refractivity contribution in [3.63, 3.8) is 0 Å². The summed E-state index contributed by atoms with van der Waals surface area (Å²) in [6, 6.07) is 25.7. The van der Waals surface area contributed by atoms with Crippen LogP contribution in [-0.4, -0.2) is 17.1 Å². The molecule has 0 saturated carbocycles. The number of thiocarbonyl (C=S) groups is 1. The van der Waals surface area contributed by atoms with Crippen molar-refractivity contribution in [2.45, 2.75) is 25.9 Å². The number of hydrogen-bond donors (Lipinski definition) is 1. The molecule has 3 aromatic rings. The minimum Gasteiger partial charge on any atom is -0.356 e. The second kappa shape index (κ2) is 7.66. The molecule has 0 bridgehead atoms. The maximum absolute atomic E-state index is 5.67. The molecule has 0 heterocycles. The smallest absolute Gasteiger partial charge is 0.169 e. The highest BCUT2D eigenvalue weighted by atomic mass is 32.1. The molecule has 0 radical (unpaired) electrons. The zero-order chi connectivity index (χ0) is 17.8. The summed E-state index contributed by atoms with van der Waals surface area (Å²) in [5.74, 6) is 0. The molecule has 128 valence electrons. The van der Waals surface area contributed by atoms with Gasteiger partial charge in [0.25, 0.3) is 0 Å². The van der Waals surface area contributed by atoms with Gasteiger partial charge in [-0.05, 0) is 48.0 Å². The first-order chi connectivity index (χ1) is 12.1. The maximum Gasteiger partial charge on any atom is 0.169 e. The Morgan fingerprint density at radius 1 is 0.880 bits per heavy atom. The molecule has 1 N–H and O–H groups in total. The van der Waals surface area contributed by atoms with Crippen molar-refractivity contribution in [2.75, 3.05) is 7.05 Å². The Kier molecular flexibility index (Phi) is 5.34. The van der Waals surface area contributed by atoms with E-state index in [-0.39, 0.29) is 12.1 Å². The van der Waals surface area contributed by atoms with Crippen LogP contribution >= 0.6 is 12.2 Å². The van der Waals surface area contributed by atoms with E-state index in [4.69, 9.17) is 12.2 Å². The topological polar surface area (TPSA) is 15.3 Å². The van der Waals surface area contributed by atoms with Crippen LogP contribution in [0.3, 0.4) is 0 Å². The van der Waals surface area contributed by atoms with Gasteiger partial charge in [0.05, 0.1) is 12.1 Å². The lowest BCUT2D eigenvalue weighted by Gasteiger charge is -2.30. The standard InChI is InChI=1S/C22H24N2S/c1-16(20-15-9-13-19-12-7-8-14-21(19)20)23-22(25)24(3)17(2)18-10-5-4-6-11-18/h4-17H,1-3H3,(H,23,25)/t16-,17+/m1/s1. The van der Waals surface area contributed by atoms with Crippen molar-refractivity contribution < 1.29 is 0 Å². The van der Waals surface area contributed by atoms with Crippen molar-refractivity contribution in [1.29, 1.82) is 0 Å². The summed E-state index contributed by atoms with van der Waals surface area (Å²) < 4.78 is 0. The molecular formula is C22H24N2S. The van der Waals surface area contributed by atoms with E-state index in [0.717, 1.165) is 5.11 Å². The minimum atomic E-state index is 0.143. The molecule has 0 spiro atoms. The number of rotatable bonds is 4. The SMILES string of the molecule is C[C@@H](NC(=S)N(C)[C@@H](C)c1ccccc1)c1cccc2ccccc12. The van der Waals surface area contributed by atoms with Crippen molar-refractivity contribution >= 4 is 28.1 Å². The van der Waals surface area contributed by atoms with E-state index >= 15 is 0 Å². The first-order valence-electron chi connectivity index (χ1n) is 8.64. The molecule has 0 aromatic heterocycles. The third-order valence-corrected chi connectivity index (χ3v) is 5.22. The molecule has 2 atom stereocenters. The van der Waals surface area contributed by atoms with Gasteiger partial charge in [-0.3, -0.25) is 0 Å². The minimum absolute atomic E-state index is 0.143. The normalized spacial score (nSPS) is 13.2. The quantitative estimate of drug-likeness (QED) is 0.630. The van der Waals surface area contributed by atoms with E-state index in [0.29, 0.717) is 0 Å². The molecule has 3 aromatic carbocycles. The van der Waals surface area contributed by atoms with E-state index in [9.17, 15) is 0 Å². The Balaban J connectivity index is 1.75. The Labute approximate surface area is 155 Å². The van der Waals surface area contributed by atoms with Gasteiger partial charge in [0.15, 0.2) is 5.11 Å². The summed E-state index contributed by atoms with van der Waals surface area (Å²) in [7, 11) is 2.04. The lowest BCUT2D eigenvalue weighted by Crippen LogP contribution is -2.39.